The van der Waals surface area contributed by atoms with Gasteiger partial charge in [0.25, 0.3) is 0 Å². The van der Waals surface area contributed by atoms with Gasteiger partial charge in [-0.05, 0) is 30.3 Å². The zero-order valence-electron chi connectivity index (χ0n) is 11.0. The quantitative estimate of drug-likeness (QED) is 0.766. The van der Waals surface area contributed by atoms with E-state index < -0.39 is 23.3 Å². The molecular weight excluding hydrogens is 297 g/mol. The third-order valence-electron chi connectivity index (χ3n) is 3.20. The molecule has 0 saturated heterocycles. The molecule has 1 aromatic heterocycles. The number of benzene rings is 2. The van der Waals surface area contributed by atoms with E-state index in [1.165, 1.54) is 24.3 Å². The van der Waals surface area contributed by atoms with Gasteiger partial charge in [0.15, 0.2) is 17.3 Å². The van der Waals surface area contributed by atoms with Gasteiger partial charge in [-0.1, -0.05) is 10.5 Å². The van der Waals surface area contributed by atoms with Gasteiger partial charge in [0.05, 0.1) is 5.52 Å². The highest BCUT2D eigenvalue weighted by Crippen LogP contribution is 2.30. The van der Waals surface area contributed by atoms with Gasteiger partial charge in [0, 0.05) is 22.8 Å². The second-order valence-electron chi connectivity index (χ2n) is 4.61. The molecule has 7 heteroatoms. The molecule has 0 atom stereocenters. The Balaban J connectivity index is 2.09. The van der Waals surface area contributed by atoms with Crippen LogP contribution in [0.4, 0.5) is 24.6 Å². The zero-order chi connectivity index (χ0) is 15.9. The Kier molecular flexibility index (Phi) is 3.25. The smallest absolute Gasteiger partial charge is 0.355 e. The third-order valence-corrected chi connectivity index (χ3v) is 3.20. The Labute approximate surface area is 122 Å². The van der Waals surface area contributed by atoms with E-state index in [9.17, 15) is 18.1 Å². The molecule has 4 nitrogen and oxygen atoms in total. The number of aromatic nitrogens is 1. The second kappa shape index (κ2) is 5.10. The van der Waals surface area contributed by atoms with Gasteiger partial charge in [-0.2, -0.15) is 4.79 Å². The van der Waals surface area contributed by atoms with E-state index in [1.807, 2.05) is 0 Å². The summed E-state index contributed by atoms with van der Waals surface area (Å²) in [4.78, 5) is 11.0. The molecule has 2 aromatic carbocycles. The predicted molar refractivity (Wildman–Crippen MR) is 75.0 cm³/mol. The highest BCUT2D eigenvalue weighted by Gasteiger charge is 2.16. The van der Waals surface area contributed by atoms with Gasteiger partial charge in [-0.3, -0.25) is 0 Å². The molecule has 0 bridgehead atoms. The van der Waals surface area contributed by atoms with Crippen LogP contribution in [0, 0.1) is 11.6 Å². The minimum absolute atomic E-state index is 0.0602. The van der Waals surface area contributed by atoms with Crippen molar-refractivity contribution in [1.82, 2.24) is 4.79 Å². The molecular formula is C15H9F3N2O2. The summed E-state index contributed by atoms with van der Waals surface area (Å²) in [6, 6.07) is 8.92. The molecule has 1 heterocycles. The van der Waals surface area contributed by atoms with Crippen LogP contribution < -0.4 is 5.32 Å². The summed E-state index contributed by atoms with van der Waals surface area (Å²) in [5.41, 5.74) is 0.178. The van der Waals surface area contributed by atoms with Crippen molar-refractivity contribution in [2.24, 2.45) is 0 Å². The molecule has 0 fully saturated rings. The number of nitrogens with one attached hydrogen (secondary N) is 1. The number of carbonyl (C=O) groups is 1. The Bertz CT molecular complexity index is 890. The summed E-state index contributed by atoms with van der Waals surface area (Å²) >= 11 is 0. The summed E-state index contributed by atoms with van der Waals surface area (Å²) in [6.45, 7) is 0. The van der Waals surface area contributed by atoms with Crippen molar-refractivity contribution >= 4 is 28.2 Å². The molecule has 0 aliphatic carbocycles. The number of aromatic carboxylic acids is 1. The van der Waals surface area contributed by atoms with Crippen LogP contribution in [-0.4, -0.2) is 15.9 Å². The van der Waals surface area contributed by atoms with Crippen molar-refractivity contribution in [2.75, 3.05) is 5.32 Å². The molecule has 0 saturated carbocycles. The van der Waals surface area contributed by atoms with Crippen molar-refractivity contribution in [3.05, 3.63) is 59.8 Å². The van der Waals surface area contributed by atoms with E-state index in [1.54, 1.807) is 6.07 Å². The zero-order valence-corrected chi connectivity index (χ0v) is 11.0. The van der Waals surface area contributed by atoms with Crippen molar-refractivity contribution in [1.29, 1.82) is 0 Å². The average molecular weight is 306 g/mol. The van der Waals surface area contributed by atoms with Crippen LogP contribution in [0.15, 0.2) is 42.5 Å². The molecule has 112 valence electrons. The SMILES string of the molecule is O=C(O)c1cc2c(Nc3ccc(F)c(F)c3)cccc2n1F. The van der Waals surface area contributed by atoms with Gasteiger partial charge in [0.2, 0.25) is 0 Å². The molecule has 3 rings (SSSR count). The van der Waals surface area contributed by atoms with Crippen LogP contribution in [0.25, 0.3) is 10.9 Å². The predicted octanol–water partition coefficient (Wildman–Crippen LogP) is 4.09. The van der Waals surface area contributed by atoms with Gasteiger partial charge in [0.1, 0.15) is 0 Å². The summed E-state index contributed by atoms with van der Waals surface area (Å²) in [7, 11) is 0. The Morgan fingerprint density at radius 3 is 2.55 bits per heavy atom. The number of hydrogen-bond donors (Lipinski definition) is 2. The number of carboxylic acids is 1. The number of carboxylic acid groups (broad SMARTS) is 1. The minimum Gasteiger partial charge on any atom is -0.476 e. The first-order valence-corrected chi connectivity index (χ1v) is 6.23. The van der Waals surface area contributed by atoms with Crippen molar-refractivity contribution in [3.63, 3.8) is 0 Å². The molecule has 0 aliphatic rings. The maximum Gasteiger partial charge on any atom is 0.355 e. The first-order chi connectivity index (χ1) is 10.5. The van der Waals surface area contributed by atoms with E-state index >= 15 is 0 Å². The van der Waals surface area contributed by atoms with Crippen molar-refractivity contribution in [3.8, 4) is 0 Å². The first kappa shape index (κ1) is 14.0. The van der Waals surface area contributed by atoms with E-state index in [4.69, 9.17) is 5.11 Å². The minimum atomic E-state index is -1.41. The van der Waals surface area contributed by atoms with Crippen molar-refractivity contribution < 1.29 is 23.2 Å². The number of anilines is 2. The Morgan fingerprint density at radius 1 is 1.09 bits per heavy atom. The average Bonchev–Trinajstić information content (AvgIpc) is 2.82. The molecule has 0 amide bonds. The molecule has 0 radical (unpaired) electrons. The maximum atomic E-state index is 13.9. The third kappa shape index (κ3) is 2.26. The number of fused-ring (bicyclic) bond motifs is 1. The fourth-order valence-corrected chi connectivity index (χ4v) is 2.18. The molecule has 22 heavy (non-hydrogen) atoms. The van der Waals surface area contributed by atoms with Gasteiger partial charge >= 0.3 is 5.97 Å². The topological polar surface area (TPSA) is 54.3 Å². The Hall–Kier alpha value is -2.96. The lowest BCUT2D eigenvalue weighted by molar-refractivity contribution is 0.0674. The van der Waals surface area contributed by atoms with Crippen LogP contribution in [0.3, 0.4) is 0 Å². The van der Waals surface area contributed by atoms with Crippen molar-refractivity contribution in [2.45, 2.75) is 0 Å². The maximum absolute atomic E-state index is 13.9. The van der Waals surface area contributed by atoms with Gasteiger partial charge in [-0.25, -0.2) is 13.6 Å². The van der Waals surface area contributed by atoms with Crippen LogP contribution in [0.1, 0.15) is 10.5 Å². The van der Waals surface area contributed by atoms with Gasteiger partial charge in [-0.15, -0.1) is 0 Å². The summed E-state index contributed by atoms with van der Waals surface area (Å²) in [6.07, 6.45) is 0. The molecule has 3 aromatic rings. The lowest BCUT2D eigenvalue weighted by Gasteiger charge is -2.08. The normalized spacial score (nSPS) is 10.9. The van der Waals surface area contributed by atoms with E-state index in [2.05, 4.69) is 5.32 Å². The van der Waals surface area contributed by atoms with E-state index in [-0.39, 0.29) is 16.0 Å². The summed E-state index contributed by atoms with van der Waals surface area (Å²) < 4.78 is 40.0. The number of rotatable bonds is 3. The van der Waals surface area contributed by atoms with E-state index in [0.717, 1.165) is 12.1 Å². The molecule has 0 aliphatic heterocycles. The fraction of sp³-hybridized carbons (Fsp3) is 0. The summed E-state index contributed by atoms with van der Waals surface area (Å²) in [5, 5.41) is 12.1. The standard InChI is InChI=1S/C15H9F3N2O2/c16-10-5-4-8(6-11(10)17)19-12-2-1-3-13-9(12)7-14(15(21)22)20(13)18/h1-7,19H,(H,21,22). The number of halogens is 3. The number of nitrogens with zero attached hydrogens (tertiary/aromatic N) is 1. The lowest BCUT2D eigenvalue weighted by Crippen LogP contribution is -2.00. The monoisotopic (exact) mass is 306 g/mol. The molecule has 0 unspecified atom stereocenters. The van der Waals surface area contributed by atoms with E-state index in [0.29, 0.717) is 11.1 Å². The highest BCUT2D eigenvalue weighted by atomic mass is 19.2. The number of hydrogen-bond acceptors (Lipinski definition) is 2. The first-order valence-electron chi connectivity index (χ1n) is 6.23. The van der Waals surface area contributed by atoms with Gasteiger partial charge < -0.3 is 10.4 Å². The summed E-state index contributed by atoms with van der Waals surface area (Å²) in [5.74, 6) is -3.41. The van der Waals surface area contributed by atoms with Crippen LogP contribution in [0.5, 0.6) is 0 Å². The Morgan fingerprint density at radius 2 is 1.86 bits per heavy atom. The molecule has 0 spiro atoms. The van der Waals surface area contributed by atoms with Crippen LogP contribution in [-0.2, 0) is 0 Å². The van der Waals surface area contributed by atoms with Crippen LogP contribution in [0.2, 0.25) is 0 Å². The lowest BCUT2D eigenvalue weighted by atomic mass is 10.2. The largest absolute Gasteiger partial charge is 0.476 e. The highest BCUT2D eigenvalue weighted by molar-refractivity contribution is 6.00. The fourth-order valence-electron chi connectivity index (χ4n) is 2.18. The molecule has 2 N–H and O–H groups in total. The second-order valence-corrected chi connectivity index (χ2v) is 4.61. The van der Waals surface area contributed by atoms with Crippen LogP contribution >= 0.6 is 0 Å².